The molecule has 1 amide bonds. The average Bonchev–Trinajstić information content (AvgIpc) is 2.56. The van der Waals surface area contributed by atoms with Crippen LogP contribution in [0.15, 0.2) is 36.2 Å². The molecule has 1 saturated heterocycles. The Morgan fingerprint density at radius 3 is 2.92 bits per heavy atom. The van der Waals surface area contributed by atoms with Gasteiger partial charge in [0.15, 0.2) is 0 Å². The minimum Gasteiger partial charge on any atom is -0.379 e. The fraction of sp³-hybridized carbons (Fsp3) is 0.579. The quantitative estimate of drug-likeness (QED) is 0.726. The number of rotatable bonds is 8. The maximum Gasteiger partial charge on any atom is 0.234 e. The molecule has 0 saturated carbocycles. The number of ether oxygens (including phenoxy) is 2. The third-order valence-corrected chi connectivity index (χ3v) is 4.06. The Balaban J connectivity index is 1.79. The number of nitrogens with one attached hydrogen (secondary N) is 1. The Labute approximate surface area is 150 Å². The summed E-state index contributed by atoms with van der Waals surface area (Å²) in [4.78, 5) is 18.3. The predicted octanol–water partition coefficient (Wildman–Crippen LogP) is 1.77. The summed E-state index contributed by atoms with van der Waals surface area (Å²) in [5.74, 6) is -0.0112. The van der Waals surface area contributed by atoms with Crippen molar-refractivity contribution in [1.82, 2.24) is 15.2 Å². The van der Waals surface area contributed by atoms with E-state index in [1.165, 1.54) is 5.57 Å². The van der Waals surface area contributed by atoms with Gasteiger partial charge in [0.25, 0.3) is 0 Å². The molecular weight excluding hydrogens is 318 g/mol. The molecule has 2 atom stereocenters. The van der Waals surface area contributed by atoms with Crippen LogP contribution in [0.25, 0.3) is 0 Å². The first-order valence-corrected chi connectivity index (χ1v) is 8.74. The predicted molar refractivity (Wildman–Crippen MR) is 97.1 cm³/mol. The molecule has 0 bridgehead atoms. The summed E-state index contributed by atoms with van der Waals surface area (Å²) in [6, 6.07) is 3.81. The van der Waals surface area contributed by atoms with Crippen LogP contribution in [0.3, 0.4) is 0 Å². The maximum absolute atomic E-state index is 12.4. The van der Waals surface area contributed by atoms with Gasteiger partial charge in [-0.25, -0.2) is 0 Å². The average molecular weight is 347 g/mol. The summed E-state index contributed by atoms with van der Waals surface area (Å²) >= 11 is 0. The van der Waals surface area contributed by atoms with Crippen molar-refractivity contribution in [2.45, 2.75) is 39.0 Å². The van der Waals surface area contributed by atoms with Crippen LogP contribution in [-0.4, -0.2) is 61.3 Å². The molecule has 1 N–H and O–H groups in total. The van der Waals surface area contributed by atoms with E-state index >= 15 is 0 Å². The minimum atomic E-state index is -0.0962. The van der Waals surface area contributed by atoms with Crippen molar-refractivity contribution in [3.05, 3.63) is 41.7 Å². The number of likely N-dealkylation sites (N-methyl/N-ethyl adjacent to an activating group) is 1. The van der Waals surface area contributed by atoms with E-state index in [1.54, 1.807) is 12.4 Å². The number of aromatic nitrogens is 1. The van der Waals surface area contributed by atoms with Gasteiger partial charge in [0.05, 0.1) is 31.9 Å². The van der Waals surface area contributed by atoms with Crippen LogP contribution in [0.4, 0.5) is 0 Å². The minimum absolute atomic E-state index is 0.00111. The smallest absolute Gasteiger partial charge is 0.234 e. The number of carbonyl (C=O) groups excluding carboxylic acids is 1. The third-order valence-electron chi connectivity index (χ3n) is 4.06. The molecule has 25 heavy (non-hydrogen) atoms. The lowest BCUT2D eigenvalue weighted by atomic mass is 10.1. The Hall–Kier alpha value is -1.76. The van der Waals surface area contributed by atoms with E-state index in [4.69, 9.17) is 9.47 Å². The molecule has 2 heterocycles. The van der Waals surface area contributed by atoms with Crippen molar-refractivity contribution < 1.29 is 14.3 Å². The summed E-state index contributed by atoms with van der Waals surface area (Å²) in [6.07, 6.45) is 6.37. The van der Waals surface area contributed by atoms with Crippen molar-refractivity contribution in [1.29, 1.82) is 0 Å². The number of allylic oxidation sites excluding steroid dienone is 1. The second kappa shape index (κ2) is 10.3. The molecule has 6 heteroatoms. The SMILES string of the molecule is CC(C)=CCO[C@@H]1CCOC[C@@H]1NC(=O)CN(C)Cc1ccncc1. The lowest BCUT2D eigenvalue weighted by Gasteiger charge is -2.32. The Kier molecular flexibility index (Phi) is 8.04. The van der Waals surface area contributed by atoms with E-state index in [0.717, 1.165) is 12.0 Å². The van der Waals surface area contributed by atoms with Crippen LogP contribution in [0.5, 0.6) is 0 Å². The van der Waals surface area contributed by atoms with Gasteiger partial charge in [-0.05, 0) is 45.0 Å². The van der Waals surface area contributed by atoms with Gasteiger partial charge in [0.1, 0.15) is 0 Å². The van der Waals surface area contributed by atoms with Gasteiger partial charge in [-0.3, -0.25) is 14.7 Å². The monoisotopic (exact) mass is 347 g/mol. The van der Waals surface area contributed by atoms with E-state index in [1.807, 2.05) is 37.9 Å². The molecule has 0 aromatic carbocycles. The fourth-order valence-electron chi connectivity index (χ4n) is 2.74. The van der Waals surface area contributed by atoms with Gasteiger partial charge in [-0.15, -0.1) is 0 Å². The van der Waals surface area contributed by atoms with E-state index in [0.29, 0.717) is 32.9 Å². The summed E-state index contributed by atoms with van der Waals surface area (Å²) in [7, 11) is 1.93. The van der Waals surface area contributed by atoms with E-state index in [9.17, 15) is 4.79 Å². The summed E-state index contributed by atoms with van der Waals surface area (Å²) < 4.78 is 11.4. The van der Waals surface area contributed by atoms with Crippen molar-refractivity contribution in [3.63, 3.8) is 0 Å². The number of carbonyl (C=O) groups is 1. The summed E-state index contributed by atoms with van der Waals surface area (Å²) in [5.41, 5.74) is 2.36. The maximum atomic E-state index is 12.4. The van der Waals surface area contributed by atoms with Gasteiger partial charge < -0.3 is 14.8 Å². The normalized spacial score (nSPS) is 20.3. The number of pyridine rings is 1. The van der Waals surface area contributed by atoms with Crippen LogP contribution < -0.4 is 5.32 Å². The largest absolute Gasteiger partial charge is 0.379 e. The molecule has 0 radical (unpaired) electrons. The van der Waals surface area contributed by atoms with Crippen LogP contribution in [0, 0.1) is 0 Å². The topological polar surface area (TPSA) is 63.7 Å². The molecule has 0 aliphatic carbocycles. The highest BCUT2D eigenvalue weighted by Crippen LogP contribution is 2.12. The zero-order valence-corrected chi connectivity index (χ0v) is 15.4. The molecule has 1 fully saturated rings. The third kappa shape index (κ3) is 7.34. The van der Waals surface area contributed by atoms with Gasteiger partial charge in [-0.2, -0.15) is 0 Å². The highest BCUT2D eigenvalue weighted by molar-refractivity contribution is 5.78. The lowest BCUT2D eigenvalue weighted by molar-refractivity contribution is -0.126. The van der Waals surface area contributed by atoms with Crippen molar-refractivity contribution >= 4 is 5.91 Å². The zero-order chi connectivity index (χ0) is 18.1. The molecule has 1 aromatic heterocycles. The van der Waals surface area contributed by atoms with Gasteiger partial charge >= 0.3 is 0 Å². The highest BCUT2D eigenvalue weighted by atomic mass is 16.5. The Morgan fingerprint density at radius 2 is 2.20 bits per heavy atom. The van der Waals surface area contributed by atoms with Crippen LogP contribution >= 0.6 is 0 Å². The number of nitrogens with zero attached hydrogens (tertiary/aromatic N) is 2. The lowest BCUT2D eigenvalue weighted by Crippen LogP contribution is -2.52. The molecule has 6 nitrogen and oxygen atoms in total. The Morgan fingerprint density at radius 1 is 1.44 bits per heavy atom. The number of hydrogen-bond acceptors (Lipinski definition) is 5. The van der Waals surface area contributed by atoms with E-state index < -0.39 is 0 Å². The second-order valence-electron chi connectivity index (χ2n) is 6.72. The van der Waals surface area contributed by atoms with Crippen LogP contribution in [0.2, 0.25) is 0 Å². The first-order valence-electron chi connectivity index (χ1n) is 8.74. The molecule has 0 unspecified atom stereocenters. The molecule has 0 spiro atoms. The molecule has 2 rings (SSSR count). The van der Waals surface area contributed by atoms with E-state index in [2.05, 4.69) is 16.4 Å². The van der Waals surface area contributed by atoms with Gasteiger partial charge in [-0.1, -0.05) is 11.6 Å². The highest BCUT2D eigenvalue weighted by Gasteiger charge is 2.27. The van der Waals surface area contributed by atoms with Gasteiger partial charge in [0, 0.05) is 25.5 Å². The van der Waals surface area contributed by atoms with Gasteiger partial charge in [0.2, 0.25) is 5.91 Å². The molecule has 1 aliphatic rings. The zero-order valence-electron chi connectivity index (χ0n) is 15.4. The molecule has 1 aliphatic heterocycles. The second-order valence-corrected chi connectivity index (χ2v) is 6.72. The van der Waals surface area contributed by atoms with Crippen LogP contribution in [-0.2, 0) is 20.8 Å². The van der Waals surface area contributed by atoms with Crippen molar-refractivity contribution in [2.75, 3.05) is 33.4 Å². The number of hydrogen-bond donors (Lipinski definition) is 1. The molecule has 1 aromatic rings. The molecular formula is C19H29N3O3. The first-order chi connectivity index (χ1) is 12.0. The van der Waals surface area contributed by atoms with Crippen molar-refractivity contribution in [2.24, 2.45) is 0 Å². The standard InChI is InChI=1S/C19H29N3O3/c1-15(2)6-11-25-18-7-10-24-14-17(18)21-19(23)13-22(3)12-16-4-8-20-9-5-16/h4-6,8-9,17-18H,7,10-14H2,1-3H3,(H,21,23)/t17-,18+/m0/s1. The van der Waals surface area contributed by atoms with Crippen LogP contribution in [0.1, 0.15) is 25.8 Å². The van der Waals surface area contributed by atoms with Crippen molar-refractivity contribution in [3.8, 4) is 0 Å². The summed E-state index contributed by atoms with van der Waals surface area (Å²) in [5, 5.41) is 3.06. The van der Waals surface area contributed by atoms with E-state index in [-0.39, 0.29) is 18.1 Å². The summed E-state index contributed by atoms with van der Waals surface area (Å²) in [6.45, 7) is 6.88. The molecule has 138 valence electrons. The fourth-order valence-corrected chi connectivity index (χ4v) is 2.74. The first kappa shape index (κ1) is 19.6. The Bertz CT molecular complexity index is 558. The number of amides is 1.